The van der Waals surface area contributed by atoms with Crippen molar-refractivity contribution >= 4 is 16.9 Å². The van der Waals surface area contributed by atoms with E-state index in [0.29, 0.717) is 0 Å². The molecule has 0 aromatic rings. The van der Waals surface area contributed by atoms with Gasteiger partial charge >= 0.3 is 0 Å². The summed E-state index contributed by atoms with van der Waals surface area (Å²) in [5.41, 5.74) is -0.219. The maximum Gasteiger partial charge on any atom is 0.194 e. The second-order valence-electron chi connectivity index (χ2n) is 4.35. The minimum Gasteiger partial charge on any atom is -0.392 e. The summed E-state index contributed by atoms with van der Waals surface area (Å²) in [5, 5.41) is 9.90. The molecule has 0 aromatic carbocycles. The average Bonchev–Trinajstić information content (AvgIpc) is 2.00. The van der Waals surface area contributed by atoms with Gasteiger partial charge in [0.05, 0.1) is 12.0 Å². The quantitative estimate of drug-likeness (QED) is 0.766. The second-order valence-corrected chi connectivity index (χ2v) is 5.62. The van der Waals surface area contributed by atoms with Gasteiger partial charge in [-0.15, -0.1) is 0 Å². The summed E-state index contributed by atoms with van der Waals surface area (Å²) in [6, 6.07) is 0. The van der Waals surface area contributed by atoms with E-state index in [4.69, 9.17) is 0 Å². The molecule has 0 fully saturated rings. The van der Waals surface area contributed by atoms with Crippen LogP contribution in [-0.4, -0.2) is 22.1 Å². The highest BCUT2D eigenvalue weighted by Crippen LogP contribution is 2.27. The average molecular weight is 204 g/mol. The Morgan fingerprint density at radius 1 is 1.46 bits per heavy atom. The van der Waals surface area contributed by atoms with E-state index in [1.807, 2.05) is 27.7 Å². The van der Waals surface area contributed by atoms with Crippen LogP contribution in [0.15, 0.2) is 0 Å². The van der Waals surface area contributed by atoms with Crippen LogP contribution < -0.4 is 0 Å². The van der Waals surface area contributed by atoms with Gasteiger partial charge in [0.2, 0.25) is 0 Å². The summed E-state index contributed by atoms with van der Waals surface area (Å²) in [6.07, 6.45) is -0.556. The molecule has 0 amide bonds. The van der Waals surface area contributed by atoms with Gasteiger partial charge in [-0.1, -0.05) is 46.4 Å². The van der Waals surface area contributed by atoms with Crippen LogP contribution in [0.2, 0.25) is 0 Å². The van der Waals surface area contributed by atoms with Crippen molar-refractivity contribution in [2.75, 3.05) is 5.75 Å². The van der Waals surface area contributed by atoms with Crippen LogP contribution in [0.4, 0.5) is 0 Å². The van der Waals surface area contributed by atoms with Crippen molar-refractivity contribution in [2.24, 2.45) is 11.3 Å². The summed E-state index contributed by atoms with van der Waals surface area (Å²) in [4.78, 5) is 11.4. The Balaban J connectivity index is 4.25. The van der Waals surface area contributed by atoms with Gasteiger partial charge in [0.25, 0.3) is 0 Å². The van der Waals surface area contributed by atoms with Crippen molar-refractivity contribution in [1.82, 2.24) is 0 Å². The first-order chi connectivity index (χ1) is 5.80. The molecule has 13 heavy (non-hydrogen) atoms. The van der Waals surface area contributed by atoms with E-state index in [1.54, 1.807) is 6.92 Å². The summed E-state index contributed by atoms with van der Waals surface area (Å²) >= 11 is 1.28. The first-order valence-electron chi connectivity index (χ1n) is 4.65. The van der Waals surface area contributed by atoms with E-state index in [9.17, 15) is 9.90 Å². The predicted octanol–water partition coefficient (Wildman–Crippen LogP) is 2.31. The number of aliphatic hydroxyl groups excluding tert-OH is 1. The SMILES string of the molecule is CCSC(=O)[C@H](C)[C@H](O)C(C)(C)C. The van der Waals surface area contributed by atoms with Crippen LogP contribution in [0, 0.1) is 11.3 Å². The summed E-state index contributed by atoms with van der Waals surface area (Å²) < 4.78 is 0. The molecule has 0 unspecified atom stereocenters. The predicted molar refractivity (Wildman–Crippen MR) is 57.8 cm³/mol. The van der Waals surface area contributed by atoms with Crippen LogP contribution in [0.3, 0.4) is 0 Å². The highest BCUT2D eigenvalue weighted by molar-refractivity contribution is 8.13. The Morgan fingerprint density at radius 2 is 1.92 bits per heavy atom. The zero-order valence-electron chi connectivity index (χ0n) is 9.13. The molecule has 1 N–H and O–H groups in total. The Labute approximate surface area is 85.1 Å². The molecule has 0 aliphatic rings. The van der Waals surface area contributed by atoms with Crippen molar-refractivity contribution in [1.29, 1.82) is 0 Å². The first-order valence-corrected chi connectivity index (χ1v) is 5.64. The molecule has 3 heteroatoms. The minimum absolute atomic E-state index is 0.0879. The van der Waals surface area contributed by atoms with Crippen LogP contribution >= 0.6 is 11.8 Å². The Morgan fingerprint density at radius 3 is 2.23 bits per heavy atom. The number of hydrogen-bond donors (Lipinski definition) is 1. The molecular formula is C10H20O2S. The van der Waals surface area contributed by atoms with Crippen LogP contribution in [0.1, 0.15) is 34.6 Å². The lowest BCUT2D eigenvalue weighted by molar-refractivity contribution is -0.119. The normalized spacial score (nSPS) is 16.8. The molecule has 0 heterocycles. The largest absolute Gasteiger partial charge is 0.392 e. The molecule has 0 saturated heterocycles. The highest BCUT2D eigenvalue weighted by atomic mass is 32.2. The first kappa shape index (κ1) is 13.0. The number of hydrogen-bond acceptors (Lipinski definition) is 3. The highest BCUT2D eigenvalue weighted by Gasteiger charge is 2.31. The van der Waals surface area contributed by atoms with Gasteiger partial charge in [0.1, 0.15) is 0 Å². The lowest BCUT2D eigenvalue weighted by Gasteiger charge is -2.29. The van der Waals surface area contributed by atoms with Gasteiger partial charge in [-0.05, 0) is 11.2 Å². The van der Waals surface area contributed by atoms with E-state index >= 15 is 0 Å². The number of aliphatic hydroxyl groups is 1. The molecule has 0 saturated carbocycles. The molecule has 0 aliphatic heterocycles. The molecule has 0 aliphatic carbocycles. The molecule has 0 rings (SSSR count). The topological polar surface area (TPSA) is 37.3 Å². The van der Waals surface area contributed by atoms with Crippen LogP contribution in [-0.2, 0) is 4.79 Å². The maximum atomic E-state index is 11.4. The van der Waals surface area contributed by atoms with E-state index in [0.717, 1.165) is 5.75 Å². The fourth-order valence-corrected chi connectivity index (χ4v) is 1.83. The lowest BCUT2D eigenvalue weighted by Crippen LogP contribution is -2.35. The van der Waals surface area contributed by atoms with Gasteiger partial charge in [-0.3, -0.25) is 4.79 Å². The third-order valence-corrected chi connectivity index (χ3v) is 2.96. The Kier molecular flexibility index (Phi) is 5.00. The van der Waals surface area contributed by atoms with Gasteiger partial charge in [-0.25, -0.2) is 0 Å². The molecule has 2 nitrogen and oxygen atoms in total. The van der Waals surface area contributed by atoms with Gasteiger partial charge in [-0.2, -0.15) is 0 Å². The maximum absolute atomic E-state index is 11.4. The summed E-state index contributed by atoms with van der Waals surface area (Å²) in [6.45, 7) is 9.56. The zero-order chi connectivity index (χ0) is 10.6. The third-order valence-electron chi connectivity index (χ3n) is 2.02. The third kappa shape index (κ3) is 4.14. The number of carbonyl (C=O) groups excluding carboxylic acids is 1. The van der Waals surface area contributed by atoms with E-state index in [-0.39, 0.29) is 16.4 Å². The summed E-state index contributed by atoms with van der Waals surface area (Å²) in [5.74, 6) is 0.505. The monoisotopic (exact) mass is 204 g/mol. The Bertz CT molecular complexity index is 172. The van der Waals surface area contributed by atoms with Crippen LogP contribution in [0.5, 0.6) is 0 Å². The van der Waals surface area contributed by atoms with Gasteiger partial charge in [0.15, 0.2) is 5.12 Å². The molecule has 0 radical (unpaired) electrons. The summed E-state index contributed by atoms with van der Waals surface area (Å²) in [7, 11) is 0. The standard InChI is InChI=1S/C10H20O2S/c1-6-13-9(12)7(2)8(11)10(3,4)5/h7-8,11H,6H2,1-5H3/t7-,8+/m1/s1. The van der Waals surface area contributed by atoms with E-state index in [2.05, 4.69) is 0 Å². The van der Waals surface area contributed by atoms with Gasteiger partial charge in [0, 0.05) is 0 Å². The van der Waals surface area contributed by atoms with Crippen molar-refractivity contribution < 1.29 is 9.90 Å². The second kappa shape index (κ2) is 5.01. The van der Waals surface area contributed by atoms with E-state index in [1.165, 1.54) is 11.8 Å². The molecule has 0 bridgehead atoms. The van der Waals surface area contributed by atoms with Crippen molar-refractivity contribution in [2.45, 2.75) is 40.7 Å². The molecule has 0 spiro atoms. The smallest absolute Gasteiger partial charge is 0.194 e. The number of rotatable bonds is 3. The van der Waals surface area contributed by atoms with Crippen molar-refractivity contribution in [3.8, 4) is 0 Å². The fourth-order valence-electron chi connectivity index (χ4n) is 1.15. The minimum atomic E-state index is -0.556. The molecular weight excluding hydrogens is 184 g/mol. The number of carbonyl (C=O) groups is 1. The Hall–Kier alpha value is -0.0200. The molecule has 78 valence electrons. The van der Waals surface area contributed by atoms with Crippen molar-refractivity contribution in [3.63, 3.8) is 0 Å². The van der Waals surface area contributed by atoms with Gasteiger partial charge < -0.3 is 5.11 Å². The lowest BCUT2D eigenvalue weighted by atomic mass is 9.82. The fraction of sp³-hybridized carbons (Fsp3) is 0.900. The van der Waals surface area contributed by atoms with Crippen LogP contribution in [0.25, 0.3) is 0 Å². The van der Waals surface area contributed by atoms with Crippen molar-refractivity contribution in [3.05, 3.63) is 0 Å². The number of thioether (sulfide) groups is 1. The molecule has 2 atom stereocenters. The van der Waals surface area contributed by atoms with E-state index < -0.39 is 6.10 Å². The zero-order valence-corrected chi connectivity index (χ0v) is 9.94. The molecule has 0 aromatic heterocycles.